The second-order valence-electron chi connectivity index (χ2n) is 7.57. The van der Waals surface area contributed by atoms with Crippen molar-refractivity contribution in [2.45, 2.75) is 20.1 Å². The van der Waals surface area contributed by atoms with Gasteiger partial charge in [0.05, 0.1) is 28.1 Å². The van der Waals surface area contributed by atoms with Crippen molar-refractivity contribution in [2.24, 2.45) is 0 Å². The third-order valence-electron chi connectivity index (χ3n) is 5.05. The van der Waals surface area contributed by atoms with Crippen LogP contribution in [0.1, 0.15) is 23.6 Å². The second kappa shape index (κ2) is 11.4. The lowest BCUT2D eigenvalue weighted by Gasteiger charge is -2.13. The van der Waals surface area contributed by atoms with Crippen LogP contribution in [0.25, 0.3) is 6.08 Å². The van der Waals surface area contributed by atoms with Gasteiger partial charge in [0.2, 0.25) is 0 Å². The monoisotopic (exact) mass is 547 g/mol. The van der Waals surface area contributed by atoms with E-state index in [1.54, 1.807) is 42.5 Å². The minimum absolute atomic E-state index is 0.110. The summed E-state index contributed by atoms with van der Waals surface area (Å²) in [6.07, 6.45) is 1.67. The van der Waals surface area contributed by atoms with Gasteiger partial charge in [-0.05, 0) is 77.9 Å². The molecular formula is C26H20Cl3NO4S. The summed E-state index contributed by atoms with van der Waals surface area (Å²) in [7, 11) is 0. The first-order valence-electron chi connectivity index (χ1n) is 10.7. The highest BCUT2D eigenvalue weighted by Crippen LogP contribution is 2.36. The Labute approximate surface area is 222 Å². The average Bonchev–Trinajstić information content (AvgIpc) is 3.08. The number of carbonyl (C=O) groups excluding carboxylic acids is 2. The van der Waals surface area contributed by atoms with Crippen molar-refractivity contribution < 1.29 is 19.1 Å². The van der Waals surface area contributed by atoms with E-state index in [0.29, 0.717) is 55.8 Å². The number of thioether (sulfide) groups is 1. The molecule has 1 fully saturated rings. The summed E-state index contributed by atoms with van der Waals surface area (Å²) in [6, 6.07) is 17.8. The number of imide groups is 1. The van der Waals surface area contributed by atoms with Gasteiger partial charge in [-0.2, -0.15) is 0 Å². The van der Waals surface area contributed by atoms with Crippen molar-refractivity contribution in [3.8, 4) is 11.5 Å². The topological polar surface area (TPSA) is 55.8 Å². The van der Waals surface area contributed by atoms with E-state index in [0.717, 1.165) is 17.3 Å². The van der Waals surface area contributed by atoms with Crippen LogP contribution in [-0.2, 0) is 17.9 Å². The zero-order valence-electron chi connectivity index (χ0n) is 18.6. The molecule has 3 aromatic rings. The van der Waals surface area contributed by atoms with Crippen LogP contribution in [-0.4, -0.2) is 22.7 Å². The number of hydrogen-bond acceptors (Lipinski definition) is 5. The summed E-state index contributed by atoms with van der Waals surface area (Å²) >= 11 is 19.0. The van der Waals surface area contributed by atoms with Gasteiger partial charge in [0.1, 0.15) is 6.61 Å². The Morgan fingerprint density at radius 2 is 1.71 bits per heavy atom. The molecule has 5 nitrogen and oxygen atoms in total. The third-order valence-corrected chi connectivity index (χ3v) is 6.93. The van der Waals surface area contributed by atoms with E-state index < -0.39 is 0 Å². The van der Waals surface area contributed by atoms with E-state index in [9.17, 15) is 9.59 Å². The molecule has 35 heavy (non-hydrogen) atoms. The van der Waals surface area contributed by atoms with Crippen molar-refractivity contribution in [1.82, 2.24) is 4.90 Å². The summed E-state index contributed by atoms with van der Waals surface area (Å²) in [6.45, 7) is 2.76. The van der Waals surface area contributed by atoms with E-state index >= 15 is 0 Å². The van der Waals surface area contributed by atoms with Crippen LogP contribution in [0.15, 0.2) is 65.6 Å². The standard InChI is InChI=1S/C26H20Cl3NO4S/c1-2-33-23-12-16(7-9-22(23)34-15-18-4-3-5-19(27)10-18)13-24-25(31)30(26(32)35-24)14-17-6-8-20(28)21(29)11-17/h3-13H,2,14-15H2,1H3/b24-13-. The fraction of sp³-hybridized carbons (Fsp3) is 0.154. The molecule has 0 spiro atoms. The van der Waals surface area contributed by atoms with E-state index in [2.05, 4.69) is 0 Å². The Hall–Kier alpha value is -2.64. The Morgan fingerprint density at radius 3 is 2.46 bits per heavy atom. The lowest BCUT2D eigenvalue weighted by molar-refractivity contribution is -0.123. The Morgan fingerprint density at radius 1 is 0.886 bits per heavy atom. The van der Waals surface area contributed by atoms with Gasteiger partial charge in [0.25, 0.3) is 11.1 Å². The molecule has 1 aliphatic heterocycles. The summed E-state index contributed by atoms with van der Waals surface area (Å²) in [5, 5.41) is 1.07. The van der Waals surface area contributed by atoms with E-state index in [-0.39, 0.29) is 17.7 Å². The molecule has 0 atom stereocenters. The smallest absolute Gasteiger partial charge is 0.293 e. The summed E-state index contributed by atoms with van der Waals surface area (Å²) in [4.78, 5) is 27.0. The first kappa shape index (κ1) is 25.5. The molecule has 1 saturated heterocycles. The first-order chi connectivity index (χ1) is 16.8. The molecule has 0 bridgehead atoms. The minimum atomic E-state index is -0.370. The maximum absolute atomic E-state index is 12.9. The molecule has 3 aromatic carbocycles. The van der Waals surface area contributed by atoms with Gasteiger partial charge in [0, 0.05) is 5.02 Å². The van der Waals surface area contributed by atoms with Gasteiger partial charge in [-0.3, -0.25) is 14.5 Å². The molecule has 0 aliphatic carbocycles. The number of carbonyl (C=O) groups is 2. The van der Waals surface area contributed by atoms with Crippen LogP contribution < -0.4 is 9.47 Å². The SMILES string of the molecule is CCOc1cc(/C=C2\SC(=O)N(Cc3ccc(Cl)c(Cl)c3)C2=O)ccc1OCc1cccc(Cl)c1. The van der Waals surface area contributed by atoms with E-state index in [4.69, 9.17) is 44.3 Å². The van der Waals surface area contributed by atoms with Crippen LogP contribution in [0.2, 0.25) is 15.1 Å². The van der Waals surface area contributed by atoms with Gasteiger partial charge in [-0.1, -0.05) is 59.1 Å². The predicted molar refractivity (Wildman–Crippen MR) is 141 cm³/mol. The number of nitrogens with zero attached hydrogens (tertiary/aromatic N) is 1. The lowest BCUT2D eigenvalue weighted by Crippen LogP contribution is -2.27. The van der Waals surface area contributed by atoms with Crippen LogP contribution in [0.5, 0.6) is 11.5 Å². The molecule has 0 aromatic heterocycles. The molecule has 1 heterocycles. The Kier molecular flexibility index (Phi) is 8.29. The van der Waals surface area contributed by atoms with E-state index in [1.165, 1.54) is 4.90 Å². The van der Waals surface area contributed by atoms with E-state index in [1.807, 2.05) is 31.2 Å². The Balaban J connectivity index is 1.50. The minimum Gasteiger partial charge on any atom is -0.490 e. The number of ether oxygens (including phenoxy) is 2. The highest BCUT2D eigenvalue weighted by molar-refractivity contribution is 8.18. The maximum atomic E-state index is 12.9. The van der Waals surface area contributed by atoms with Crippen LogP contribution in [0.4, 0.5) is 4.79 Å². The molecular weight excluding hydrogens is 529 g/mol. The van der Waals surface area contributed by atoms with Gasteiger partial charge in [-0.25, -0.2) is 0 Å². The zero-order chi connectivity index (χ0) is 24.9. The van der Waals surface area contributed by atoms with Gasteiger partial charge in [-0.15, -0.1) is 0 Å². The molecule has 1 aliphatic rings. The van der Waals surface area contributed by atoms with Crippen LogP contribution in [0, 0.1) is 0 Å². The van der Waals surface area contributed by atoms with Gasteiger partial charge < -0.3 is 9.47 Å². The summed E-state index contributed by atoms with van der Waals surface area (Å²) in [5.74, 6) is 0.736. The number of hydrogen-bond donors (Lipinski definition) is 0. The molecule has 9 heteroatoms. The molecule has 0 radical (unpaired) electrons. The second-order valence-corrected chi connectivity index (χ2v) is 9.82. The van der Waals surface area contributed by atoms with Gasteiger partial charge in [0.15, 0.2) is 11.5 Å². The molecule has 4 rings (SSSR count). The summed E-state index contributed by atoms with van der Waals surface area (Å²) < 4.78 is 11.7. The maximum Gasteiger partial charge on any atom is 0.293 e. The molecule has 0 saturated carbocycles. The van der Waals surface area contributed by atoms with Crippen molar-refractivity contribution >= 4 is 63.8 Å². The quantitative estimate of drug-likeness (QED) is 0.268. The normalized spacial score (nSPS) is 14.6. The van der Waals surface area contributed by atoms with Gasteiger partial charge >= 0.3 is 0 Å². The number of amides is 2. The fourth-order valence-electron chi connectivity index (χ4n) is 3.40. The number of benzene rings is 3. The molecule has 0 unspecified atom stereocenters. The first-order valence-corrected chi connectivity index (χ1v) is 12.6. The third kappa shape index (κ3) is 6.33. The zero-order valence-corrected chi connectivity index (χ0v) is 21.7. The van der Waals surface area contributed by atoms with Crippen LogP contribution >= 0.6 is 46.6 Å². The van der Waals surface area contributed by atoms with Crippen molar-refractivity contribution in [3.05, 3.63) is 97.3 Å². The van der Waals surface area contributed by atoms with Crippen LogP contribution in [0.3, 0.4) is 0 Å². The average molecular weight is 549 g/mol. The molecule has 180 valence electrons. The predicted octanol–water partition coefficient (Wildman–Crippen LogP) is 7.86. The van der Waals surface area contributed by atoms with Crippen molar-refractivity contribution in [1.29, 1.82) is 0 Å². The molecule has 0 N–H and O–H groups in total. The highest BCUT2D eigenvalue weighted by atomic mass is 35.5. The van der Waals surface area contributed by atoms with Crippen molar-refractivity contribution in [3.63, 3.8) is 0 Å². The summed E-state index contributed by atoms with van der Waals surface area (Å²) in [5.41, 5.74) is 2.35. The lowest BCUT2D eigenvalue weighted by atomic mass is 10.1. The molecule has 2 amide bonds. The Bertz CT molecular complexity index is 1310. The fourth-order valence-corrected chi connectivity index (χ4v) is 4.77. The number of halogens is 3. The van der Waals surface area contributed by atoms with Crippen molar-refractivity contribution in [2.75, 3.05) is 6.61 Å². The largest absolute Gasteiger partial charge is 0.490 e. The highest BCUT2D eigenvalue weighted by Gasteiger charge is 2.35. The number of rotatable bonds is 8.